The van der Waals surface area contributed by atoms with E-state index < -0.39 is 0 Å². The molecule has 0 N–H and O–H groups in total. The van der Waals surface area contributed by atoms with E-state index in [1.165, 1.54) is 0 Å². The Morgan fingerprint density at radius 3 is 1.54 bits per heavy atom. The van der Waals surface area contributed by atoms with E-state index in [4.69, 9.17) is 18.9 Å². The van der Waals surface area contributed by atoms with Crippen LogP contribution in [-0.2, 0) is 0 Å². The molecule has 0 aliphatic heterocycles. The highest BCUT2D eigenvalue weighted by atomic mass is 16.5. The summed E-state index contributed by atoms with van der Waals surface area (Å²) in [5.41, 5.74) is 0. The van der Waals surface area contributed by atoms with Gasteiger partial charge >= 0.3 is 0 Å². The standard InChI is InChI=1S/C21H29NO4/c1-5-22(6-2)17(15-25-20-11-7-9-18(13-20)23-3)16-26-21-12-8-10-19(14-21)24-4/h7-14,17H,5-6,15-16H2,1-4H3. The maximum Gasteiger partial charge on any atom is 0.123 e. The Kier molecular flexibility index (Phi) is 8.09. The SMILES string of the molecule is CCN(CC)C(COc1cccc(OC)c1)COc1cccc(OC)c1. The fraction of sp³-hybridized carbons (Fsp3) is 0.429. The van der Waals surface area contributed by atoms with Gasteiger partial charge < -0.3 is 18.9 Å². The first-order valence-electron chi connectivity index (χ1n) is 8.97. The average Bonchev–Trinajstić information content (AvgIpc) is 2.70. The van der Waals surface area contributed by atoms with Crippen LogP contribution in [0.4, 0.5) is 0 Å². The van der Waals surface area contributed by atoms with Gasteiger partial charge in [0.1, 0.15) is 36.2 Å². The molecule has 0 radical (unpaired) electrons. The molecule has 0 saturated carbocycles. The molecular weight excluding hydrogens is 330 g/mol. The zero-order chi connectivity index (χ0) is 18.8. The minimum Gasteiger partial charge on any atom is -0.497 e. The van der Waals surface area contributed by atoms with Crippen molar-refractivity contribution in [2.24, 2.45) is 0 Å². The number of hydrogen-bond donors (Lipinski definition) is 0. The minimum atomic E-state index is 0.141. The molecule has 0 spiro atoms. The van der Waals surface area contributed by atoms with E-state index >= 15 is 0 Å². The maximum atomic E-state index is 6.00. The molecule has 2 aromatic rings. The van der Waals surface area contributed by atoms with E-state index in [-0.39, 0.29) is 6.04 Å². The summed E-state index contributed by atoms with van der Waals surface area (Å²) in [6.07, 6.45) is 0. The molecule has 0 aliphatic rings. The second kappa shape index (κ2) is 10.6. The van der Waals surface area contributed by atoms with Gasteiger partial charge in [-0.3, -0.25) is 4.90 Å². The highest BCUT2D eigenvalue weighted by molar-refractivity contribution is 5.33. The molecule has 0 atom stereocenters. The Morgan fingerprint density at radius 1 is 0.731 bits per heavy atom. The number of hydrogen-bond acceptors (Lipinski definition) is 5. The summed E-state index contributed by atoms with van der Waals surface area (Å²) in [5, 5.41) is 0. The van der Waals surface area contributed by atoms with Gasteiger partial charge in [0, 0.05) is 12.1 Å². The molecule has 5 heteroatoms. The zero-order valence-electron chi connectivity index (χ0n) is 16.1. The lowest BCUT2D eigenvalue weighted by Gasteiger charge is -2.29. The summed E-state index contributed by atoms with van der Waals surface area (Å²) in [6.45, 7) is 7.24. The van der Waals surface area contributed by atoms with Crippen molar-refractivity contribution in [2.75, 3.05) is 40.5 Å². The number of ether oxygens (including phenoxy) is 4. The van der Waals surface area contributed by atoms with Crippen LogP contribution >= 0.6 is 0 Å². The molecule has 0 heterocycles. The van der Waals surface area contributed by atoms with Gasteiger partial charge in [-0.05, 0) is 37.4 Å². The quantitative estimate of drug-likeness (QED) is 0.609. The van der Waals surface area contributed by atoms with Crippen molar-refractivity contribution in [3.8, 4) is 23.0 Å². The Morgan fingerprint density at radius 2 is 1.15 bits per heavy atom. The lowest BCUT2D eigenvalue weighted by molar-refractivity contribution is 0.0990. The average molecular weight is 359 g/mol. The summed E-state index contributed by atoms with van der Waals surface area (Å²) < 4.78 is 22.5. The van der Waals surface area contributed by atoms with Crippen LogP contribution in [0.2, 0.25) is 0 Å². The molecule has 0 unspecified atom stereocenters. The summed E-state index contributed by atoms with van der Waals surface area (Å²) >= 11 is 0. The molecule has 0 bridgehead atoms. The van der Waals surface area contributed by atoms with E-state index in [0.717, 1.165) is 36.1 Å². The number of likely N-dealkylation sites (N-methyl/N-ethyl adjacent to an activating group) is 1. The third-order valence-corrected chi connectivity index (χ3v) is 4.30. The van der Waals surface area contributed by atoms with Gasteiger partial charge in [-0.15, -0.1) is 0 Å². The van der Waals surface area contributed by atoms with Gasteiger partial charge in [0.25, 0.3) is 0 Å². The zero-order valence-corrected chi connectivity index (χ0v) is 16.1. The Balaban J connectivity index is 2.00. The summed E-state index contributed by atoms with van der Waals surface area (Å²) in [7, 11) is 3.31. The van der Waals surface area contributed by atoms with Crippen LogP contribution in [0.1, 0.15) is 13.8 Å². The van der Waals surface area contributed by atoms with Crippen molar-refractivity contribution < 1.29 is 18.9 Å². The number of nitrogens with zero attached hydrogens (tertiary/aromatic N) is 1. The third kappa shape index (κ3) is 5.85. The number of methoxy groups -OCH3 is 2. The van der Waals surface area contributed by atoms with Gasteiger partial charge in [0.15, 0.2) is 0 Å². The summed E-state index contributed by atoms with van der Waals surface area (Å²) in [6, 6.07) is 15.4. The Bertz CT molecular complexity index is 606. The number of rotatable bonds is 11. The molecule has 2 rings (SSSR count). The third-order valence-electron chi connectivity index (χ3n) is 4.30. The predicted octanol–water partition coefficient (Wildman–Crippen LogP) is 3.87. The van der Waals surface area contributed by atoms with Crippen molar-refractivity contribution >= 4 is 0 Å². The molecule has 2 aromatic carbocycles. The summed E-state index contributed by atoms with van der Waals surface area (Å²) in [5.74, 6) is 3.16. The van der Waals surface area contributed by atoms with Crippen molar-refractivity contribution in [3.63, 3.8) is 0 Å². The van der Waals surface area contributed by atoms with Crippen LogP contribution in [0.15, 0.2) is 48.5 Å². The fourth-order valence-electron chi connectivity index (χ4n) is 2.77. The van der Waals surface area contributed by atoms with Crippen LogP contribution in [0, 0.1) is 0 Å². The first kappa shape index (κ1) is 19.9. The van der Waals surface area contributed by atoms with Crippen LogP contribution < -0.4 is 18.9 Å². The second-order valence-corrected chi connectivity index (χ2v) is 5.86. The van der Waals surface area contributed by atoms with Gasteiger partial charge in [0.2, 0.25) is 0 Å². The smallest absolute Gasteiger partial charge is 0.123 e. The first-order chi connectivity index (χ1) is 12.7. The van der Waals surface area contributed by atoms with Crippen LogP contribution in [0.3, 0.4) is 0 Å². The van der Waals surface area contributed by atoms with E-state index in [1.807, 2.05) is 48.5 Å². The van der Waals surface area contributed by atoms with Gasteiger partial charge in [-0.1, -0.05) is 26.0 Å². The monoisotopic (exact) mass is 359 g/mol. The van der Waals surface area contributed by atoms with Crippen molar-refractivity contribution in [1.29, 1.82) is 0 Å². The highest BCUT2D eigenvalue weighted by Crippen LogP contribution is 2.21. The van der Waals surface area contributed by atoms with Gasteiger partial charge in [0.05, 0.1) is 20.3 Å². The van der Waals surface area contributed by atoms with E-state index in [2.05, 4.69) is 18.7 Å². The molecule has 142 valence electrons. The lowest BCUT2D eigenvalue weighted by atomic mass is 10.2. The normalized spacial score (nSPS) is 10.8. The fourth-order valence-corrected chi connectivity index (χ4v) is 2.77. The minimum absolute atomic E-state index is 0.141. The molecule has 0 amide bonds. The topological polar surface area (TPSA) is 40.2 Å². The Labute approximate surface area is 156 Å². The van der Waals surface area contributed by atoms with Crippen LogP contribution in [0.5, 0.6) is 23.0 Å². The second-order valence-electron chi connectivity index (χ2n) is 5.86. The van der Waals surface area contributed by atoms with E-state index in [0.29, 0.717) is 13.2 Å². The van der Waals surface area contributed by atoms with Crippen molar-refractivity contribution in [1.82, 2.24) is 4.90 Å². The number of benzene rings is 2. The van der Waals surface area contributed by atoms with Crippen molar-refractivity contribution in [3.05, 3.63) is 48.5 Å². The van der Waals surface area contributed by atoms with Crippen LogP contribution in [0.25, 0.3) is 0 Å². The highest BCUT2D eigenvalue weighted by Gasteiger charge is 2.18. The molecule has 0 aliphatic carbocycles. The van der Waals surface area contributed by atoms with E-state index in [1.54, 1.807) is 14.2 Å². The lowest BCUT2D eigenvalue weighted by Crippen LogP contribution is -2.43. The Hall–Kier alpha value is -2.40. The van der Waals surface area contributed by atoms with Crippen LogP contribution in [-0.4, -0.2) is 51.5 Å². The molecule has 26 heavy (non-hydrogen) atoms. The molecule has 0 aromatic heterocycles. The van der Waals surface area contributed by atoms with Crippen molar-refractivity contribution in [2.45, 2.75) is 19.9 Å². The molecule has 5 nitrogen and oxygen atoms in total. The molecule has 0 saturated heterocycles. The first-order valence-corrected chi connectivity index (χ1v) is 8.97. The van der Waals surface area contributed by atoms with E-state index in [9.17, 15) is 0 Å². The molecule has 0 fully saturated rings. The van der Waals surface area contributed by atoms with Gasteiger partial charge in [-0.25, -0.2) is 0 Å². The summed E-state index contributed by atoms with van der Waals surface area (Å²) in [4.78, 5) is 2.33. The largest absolute Gasteiger partial charge is 0.497 e. The van der Waals surface area contributed by atoms with Gasteiger partial charge in [-0.2, -0.15) is 0 Å². The maximum absolute atomic E-state index is 6.00. The molecular formula is C21H29NO4. The predicted molar refractivity (Wildman–Crippen MR) is 104 cm³/mol.